The number of esters is 1. The van der Waals surface area contributed by atoms with E-state index in [1.807, 2.05) is 17.0 Å². The number of fused-ring (bicyclic) bond motifs is 1. The average molecular weight is 406 g/mol. The molecular formula is C23H26N4O3. The molecule has 30 heavy (non-hydrogen) atoms. The molecule has 7 heteroatoms. The highest BCUT2D eigenvalue weighted by Gasteiger charge is 2.48. The molecular weight excluding hydrogens is 380 g/mol. The Morgan fingerprint density at radius 2 is 1.90 bits per heavy atom. The third kappa shape index (κ3) is 3.17. The van der Waals surface area contributed by atoms with Crippen LogP contribution >= 0.6 is 0 Å². The predicted octanol–water partition coefficient (Wildman–Crippen LogP) is 2.52. The Labute approximate surface area is 176 Å². The van der Waals surface area contributed by atoms with Gasteiger partial charge in [0.15, 0.2) is 0 Å². The second kappa shape index (κ2) is 7.47. The van der Waals surface area contributed by atoms with Gasteiger partial charge in [0.2, 0.25) is 5.91 Å². The van der Waals surface area contributed by atoms with E-state index in [1.165, 1.54) is 17.5 Å². The minimum atomic E-state index is -0.233. The number of likely N-dealkylation sites (tertiary alicyclic amines) is 1. The van der Waals surface area contributed by atoms with Crippen molar-refractivity contribution >= 4 is 17.7 Å². The summed E-state index contributed by atoms with van der Waals surface area (Å²) in [5, 5.41) is 0. The van der Waals surface area contributed by atoms with Gasteiger partial charge >= 0.3 is 5.97 Å². The molecule has 3 aliphatic heterocycles. The van der Waals surface area contributed by atoms with E-state index in [1.54, 1.807) is 6.20 Å². The lowest BCUT2D eigenvalue weighted by molar-refractivity contribution is -0.128. The van der Waals surface area contributed by atoms with Crippen molar-refractivity contribution in [2.75, 3.05) is 31.1 Å². The Morgan fingerprint density at radius 3 is 2.67 bits per heavy atom. The first-order chi connectivity index (χ1) is 14.6. The number of anilines is 1. The lowest BCUT2D eigenvalue weighted by Crippen LogP contribution is -2.45. The fourth-order valence-electron chi connectivity index (χ4n) is 5.10. The Morgan fingerprint density at radius 1 is 1.10 bits per heavy atom. The Balaban J connectivity index is 1.19. The highest BCUT2D eigenvalue weighted by Crippen LogP contribution is 2.42. The average Bonchev–Trinajstić information content (AvgIpc) is 3.31. The van der Waals surface area contributed by atoms with E-state index in [9.17, 15) is 9.59 Å². The molecule has 1 amide bonds. The molecule has 2 aromatic rings. The summed E-state index contributed by atoms with van der Waals surface area (Å²) in [6.07, 6.45) is 6.84. The summed E-state index contributed by atoms with van der Waals surface area (Å²) < 4.78 is 5.16. The zero-order valence-corrected chi connectivity index (χ0v) is 17.3. The van der Waals surface area contributed by atoms with Crippen LogP contribution in [0.4, 0.5) is 5.82 Å². The van der Waals surface area contributed by atoms with Gasteiger partial charge in [-0.2, -0.15) is 0 Å². The number of nitrogens with zero attached hydrogens (tertiary/aromatic N) is 4. The molecule has 0 radical (unpaired) electrons. The topological polar surface area (TPSA) is 75.6 Å². The van der Waals surface area contributed by atoms with Gasteiger partial charge in [-0.3, -0.25) is 9.69 Å². The molecule has 3 aliphatic rings. The molecule has 2 saturated heterocycles. The van der Waals surface area contributed by atoms with E-state index in [4.69, 9.17) is 4.74 Å². The molecule has 0 bridgehead atoms. The minimum absolute atomic E-state index is 0.210. The highest BCUT2D eigenvalue weighted by molar-refractivity contribution is 5.99. The predicted molar refractivity (Wildman–Crippen MR) is 111 cm³/mol. The molecule has 156 valence electrons. The number of amides is 1. The lowest BCUT2D eigenvalue weighted by atomic mass is 9.77. The molecule has 2 fully saturated rings. The number of hydrogen-bond acceptors (Lipinski definition) is 6. The largest absolute Gasteiger partial charge is 0.457 e. The summed E-state index contributed by atoms with van der Waals surface area (Å²) in [5.74, 6) is 0.724. The van der Waals surface area contributed by atoms with E-state index < -0.39 is 0 Å². The fourth-order valence-corrected chi connectivity index (χ4v) is 5.10. The van der Waals surface area contributed by atoms with Crippen molar-refractivity contribution in [3.8, 4) is 0 Å². The van der Waals surface area contributed by atoms with Crippen molar-refractivity contribution in [2.24, 2.45) is 5.41 Å². The van der Waals surface area contributed by atoms with Crippen LogP contribution in [0.1, 0.15) is 46.3 Å². The first-order valence-corrected chi connectivity index (χ1v) is 10.7. The number of rotatable bonds is 4. The van der Waals surface area contributed by atoms with E-state index in [-0.39, 0.29) is 17.3 Å². The number of aromatic nitrogens is 2. The molecule has 1 aromatic heterocycles. The zero-order valence-electron chi connectivity index (χ0n) is 17.3. The van der Waals surface area contributed by atoms with Crippen LogP contribution in [0.15, 0.2) is 30.7 Å². The summed E-state index contributed by atoms with van der Waals surface area (Å²) in [4.78, 5) is 37.4. The van der Waals surface area contributed by atoms with Crippen LogP contribution in [0, 0.1) is 12.3 Å². The summed E-state index contributed by atoms with van der Waals surface area (Å²) in [7, 11) is 0. The van der Waals surface area contributed by atoms with Crippen LogP contribution in [0.5, 0.6) is 0 Å². The van der Waals surface area contributed by atoms with Gasteiger partial charge in [0.1, 0.15) is 18.8 Å². The second-order valence-corrected chi connectivity index (χ2v) is 8.60. The molecule has 1 aromatic carbocycles. The van der Waals surface area contributed by atoms with E-state index in [0.717, 1.165) is 57.4 Å². The van der Waals surface area contributed by atoms with Crippen molar-refractivity contribution in [1.29, 1.82) is 0 Å². The normalized spacial score (nSPS) is 20.6. The monoisotopic (exact) mass is 406 g/mol. The molecule has 0 aliphatic carbocycles. The van der Waals surface area contributed by atoms with Gasteiger partial charge in [0, 0.05) is 24.8 Å². The van der Waals surface area contributed by atoms with Crippen molar-refractivity contribution in [3.63, 3.8) is 0 Å². The molecule has 0 saturated carbocycles. The number of carbonyl (C=O) groups is 2. The smallest absolute Gasteiger partial charge is 0.338 e. The summed E-state index contributed by atoms with van der Waals surface area (Å²) >= 11 is 0. The number of ether oxygens (including phenoxy) is 1. The van der Waals surface area contributed by atoms with E-state index in [0.29, 0.717) is 18.0 Å². The minimum Gasteiger partial charge on any atom is -0.457 e. The molecule has 0 atom stereocenters. The third-order valence-corrected chi connectivity index (χ3v) is 7.14. The maximum absolute atomic E-state index is 13.2. The summed E-state index contributed by atoms with van der Waals surface area (Å²) in [6.45, 7) is 6.06. The van der Waals surface area contributed by atoms with Crippen LogP contribution in [0.25, 0.3) is 0 Å². The first kappa shape index (κ1) is 19.2. The van der Waals surface area contributed by atoms with Crippen LogP contribution in [0.2, 0.25) is 0 Å². The van der Waals surface area contributed by atoms with Gasteiger partial charge in [0.25, 0.3) is 0 Å². The number of hydrogen-bond donors (Lipinski definition) is 0. The SMILES string of the molecule is Cc1c(CCN2CCC3(CC2)CCN(c2ccncn2)C3=O)ccc2c1COC2=O. The van der Waals surface area contributed by atoms with Gasteiger partial charge in [-0.05, 0) is 69.0 Å². The van der Waals surface area contributed by atoms with Gasteiger partial charge < -0.3 is 9.64 Å². The maximum atomic E-state index is 13.2. The third-order valence-electron chi connectivity index (χ3n) is 7.14. The standard InChI is InChI=1S/C23H26N4O3/c1-16-17(2-3-18-19(16)14-30-21(18)28)5-10-26-11-6-23(7-12-26)8-13-27(22(23)29)20-4-9-24-15-25-20/h2-4,9,15H,5-8,10-14H2,1H3. The quantitative estimate of drug-likeness (QED) is 0.727. The molecule has 0 unspecified atom stereocenters. The van der Waals surface area contributed by atoms with Crippen LogP contribution in [0.3, 0.4) is 0 Å². The summed E-state index contributed by atoms with van der Waals surface area (Å²) in [6, 6.07) is 5.77. The molecule has 7 nitrogen and oxygen atoms in total. The van der Waals surface area contributed by atoms with Gasteiger partial charge in [-0.1, -0.05) is 6.07 Å². The fraction of sp³-hybridized carbons (Fsp3) is 0.478. The number of cyclic esters (lactones) is 1. The Hall–Kier alpha value is -2.80. The van der Waals surface area contributed by atoms with Crippen molar-refractivity contribution in [1.82, 2.24) is 14.9 Å². The van der Waals surface area contributed by atoms with Gasteiger partial charge in [-0.15, -0.1) is 0 Å². The van der Waals surface area contributed by atoms with Crippen molar-refractivity contribution in [2.45, 2.75) is 39.2 Å². The molecule has 0 N–H and O–H groups in total. The summed E-state index contributed by atoms with van der Waals surface area (Å²) in [5.41, 5.74) is 3.97. The molecule has 5 rings (SSSR count). The first-order valence-electron chi connectivity index (χ1n) is 10.7. The van der Waals surface area contributed by atoms with Crippen LogP contribution < -0.4 is 4.90 Å². The van der Waals surface area contributed by atoms with Crippen molar-refractivity contribution < 1.29 is 14.3 Å². The Kier molecular flexibility index (Phi) is 4.77. The number of carbonyl (C=O) groups excluding carboxylic acids is 2. The number of piperidine rings is 1. The molecule has 4 heterocycles. The van der Waals surface area contributed by atoms with Gasteiger partial charge in [0.05, 0.1) is 11.0 Å². The van der Waals surface area contributed by atoms with Crippen LogP contribution in [-0.4, -0.2) is 52.9 Å². The van der Waals surface area contributed by atoms with Crippen LogP contribution in [-0.2, 0) is 22.6 Å². The van der Waals surface area contributed by atoms with Crippen molar-refractivity contribution in [3.05, 3.63) is 53.0 Å². The maximum Gasteiger partial charge on any atom is 0.338 e. The number of benzene rings is 1. The van der Waals surface area contributed by atoms with Gasteiger partial charge in [-0.25, -0.2) is 14.8 Å². The van der Waals surface area contributed by atoms with E-state index in [2.05, 4.69) is 27.9 Å². The Bertz CT molecular complexity index is 983. The highest BCUT2D eigenvalue weighted by atomic mass is 16.5. The van der Waals surface area contributed by atoms with E-state index >= 15 is 0 Å². The zero-order chi connectivity index (χ0) is 20.7. The molecule has 1 spiro atoms. The second-order valence-electron chi connectivity index (χ2n) is 8.60. The lowest BCUT2D eigenvalue weighted by Gasteiger charge is -2.38.